The van der Waals surface area contributed by atoms with E-state index in [1.54, 1.807) is 13.3 Å². The van der Waals surface area contributed by atoms with Gasteiger partial charge in [0, 0.05) is 12.8 Å². The summed E-state index contributed by atoms with van der Waals surface area (Å²) in [6.07, 6.45) is 1.62. The Morgan fingerprint density at radius 3 is 2.94 bits per heavy atom. The third-order valence-corrected chi connectivity index (χ3v) is 2.97. The average Bonchev–Trinajstić information content (AvgIpc) is 2.34. The van der Waals surface area contributed by atoms with Crippen molar-refractivity contribution >= 4 is 33.1 Å². The molecule has 0 amide bonds. The van der Waals surface area contributed by atoms with Gasteiger partial charge in [0.1, 0.15) is 5.82 Å². The van der Waals surface area contributed by atoms with Crippen LogP contribution >= 0.6 is 15.9 Å². The van der Waals surface area contributed by atoms with Gasteiger partial charge in [-0.05, 0) is 39.7 Å². The van der Waals surface area contributed by atoms with Crippen LogP contribution in [0.2, 0.25) is 0 Å². The minimum absolute atomic E-state index is 0.589. The van der Waals surface area contributed by atoms with Gasteiger partial charge >= 0.3 is 0 Å². The van der Waals surface area contributed by atoms with Gasteiger partial charge in [-0.15, -0.1) is 0 Å². The molecule has 2 aromatic rings. The Labute approximate surface area is 114 Å². The van der Waals surface area contributed by atoms with Crippen LogP contribution in [-0.4, -0.2) is 12.1 Å². The molecule has 0 radical (unpaired) electrons. The maximum absolute atomic E-state index is 5.65. The summed E-state index contributed by atoms with van der Waals surface area (Å²) in [6, 6.07) is 9.80. The number of pyridine rings is 1. The molecular weight excluding hydrogens is 294 g/mol. The van der Waals surface area contributed by atoms with E-state index >= 15 is 0 Å². The molecule has 4 nitrogen and oxygen atoms in total. The number of halogens is 1. The first kappa shape index (κ1) is 12.9. The predicted molar refractivity (Wildman–Crippen MR) is 76.8 cm³/mol. The van der Waals surface area contributed by atoms with Gasteiger partial charge in [0.15, 0.2) is 0 Å². The molecule has 94 valence electrons. The van der Waals surface area contributed by atoms with E-state index in [0.717, 1.165) is 21.5 Å². The number of nitrogens with two attached hydrogens (primary N) is 1. The van der Waals surface area contributed by atoms with Crippen LogP contribution in [0.3, 0.4) is 0 Å². The molecule has 0 atom stereocenters. The van der Waals surface area contributed by atoms with E-state index in [1.807, 2.05) is 30.3 Å². The Bertz CT molecular complexity index is 546. The molecule has 0 aliphatic rings. The van der Waals surface area contributed by atoms with Crippen molar-refractivity contribution in [3.05, 3.63) is 46.6 Å². The second-order valence-electron chi connectivity index (χ2n) is 3.86. The maximum atomic E-state index is 5.65. The number of hydrogen-bond donors (Lipinski definition) is 2. The van der Waals surface area contributed by atoms with E-state index in [1.165, 1.54) is 0 Å². The molecule has 0 saturated heterocycles. The molecule has 0 saturated carbocycles. The van der Waals surface area contributed by atoms with Gasteiger partial charge in [-0.3, -0.25) is 0 Å². The fourth-order valence-corrected chi connectivity index (χ4v) is 2.05. The van der Waals surface area contributed by atoms with Crippen LogP contribution in [0.25, 0.3) is 0 Å². The fourth-order valence-electron chi connectivity index (χ4n) is 1.59. The lowest BCUT2D eigenvalue weighted by atomic mass is 10.2. The van der Waals surface area contributed by atoms with Crippen LogP contribution in [0.5, 0.6) is 0 Å². The van der Waals surface area contributed by atoms with E-state index in [9.17, 15) is 0 Å². The molecule has 1 heterocycles. The summed E-state index contributed by atoms with van der Waals surface area (Å²) in [5.74, 6) is 0.735. The highest BCUT2D eigenvalue weighted by Gasteiger charge is 2.03. The number of nitrogens with one attached hydrogen (secondary N) is 1. The molecule has 18 heavy (non-hydrogen) atoms. The van der Waals surface area contributed by atoms with Crippen molar-refractivity contribution in [1.29, 1.82) is 0 Å². The second-order valence-corrected chi connectivity index (χ2v) is 4.71. The molecule has 0 spiro atoms. The number of benzene rings is 1. The largest absolute Gasteiger partial charge is 0.397 e. The highest BCUT2D eigenvalue weighted by atomic mass is 79.9. The maximum Gasteiger partial charge on any atom is 0.144 e. The van der Waals surface area contributed by atoms with E-state index in [2.05, 4.69) is 26.2 Å². The SMILES string of the molecule is COCc1cccc(Nc2ncc(N)cc2Br)c1. The number of nitrogen functional groups attached to an aromatic ring is 1. The summed E-state index contributed by atoms with van der Waals surface area (Å²) < 4.78 is 5.94. The molecule has 1 aromatic heterocycles. The molecular formula is C13H14BrN3O. The third-order valence-electron chi connectivity index (χ3n) is 2.36. The van der Waals surface area contributed by atoms with Crippen molar-refractivity contribution in [3.63, 3.8) is 0 Å². The van der Waals surface area contributed by atoms with E-state index in [4.69, 9.17) is 10.5 Å². The minimum Gasteiger partial charge on any atom is -0.397 e. The van der Waals surface area contributed by atoms with Gasteiger partial charge < -0.3 is 15.8 Å². The van der Waals surface area contributed by atoms with Gasteiger partial charge in [-0.1, -0.05) is 12.1 Å². The monoisotopic (exact) mass is 307 g/mol. The Hall–Kier alpha value is -1.59. The summed E-state index contributed by atoms with van der Waals surface area (Å²) in [7, 11) is 1.68. The summed E-state index contributed by atoms with van der Waals surface area (Å²) >= 11 is 3.42. The fraction of sp³-hybridized carbons (Fsp3) is 0.154. The predicted octanol–water partition coefficient (Wildman–Crippen LogP) is 3.32. The Morgan fingerprint density at radius 1 is 1.39 bits per heavy atom. The number of hydrogen-bond acceptors (Lipinski definition) is 4. The van der Waals surface area contributed by atoms with Crippen LogP contribution in [0.1, 0.15) is 5.56 Å². The lowest BCUT2D eigenvalue weighted by molar-refractivity contribution is 0.185. The number of ether oxygens (including phenoxy) is 1. The molecule has 0 bridgehead atoms. The summed E-state index contributed by atoms with van der Waals surface area (Å²) in [6.45, 7) is 0.589. The Kier molecular flexibility index (Phi) is 4.17. The zero-order valence-corrected chi connectivity index (χ0v) is 11.6. The number of aromatic nitrogens is 1. The molecule has 2 rings (SSSR count). The highest BCUT2D eigenvalue weighted by Crippen LogP contribution is 2.25. The Morgan fingerprint density at radius 2 is 2.22 bits per heavy atom. The van der Waals surface area contributed by atoms with Crippen LogP contribution in [0, 0.1) is 0 Å². The van der Waals surface area contributed by atoms with E-state index in [0.29, 0.717) is 12.3 Å². The van der Waals surface area contributed by atoms with Crippen molar-refractivity contribution in [1.82, 2.24) is 4.98 Å². The van der Waals surface area contributed by atoms with Crippen LogP contribution in [0.15, 0.2) is 41.0 Å². The zero-order chi connectivity index (χ0) is 13.0. The quantitative estimate of drug-likeness (QED) is 0.909. The first-order chi connectivity index (χ1) is 8.69. The van der Waals surface area contributed by atoms with Gasteiger partial charge in [0.25, 0.3) is 0 Å². The van der Waals surface area contributed by atoms with Gasteiger partial charge in [-0.25, -0.2) is 4.98 Å². The van der Waals surface area contributed by atoms with Crippen LogP contribution in [-0.2, 0) is 11.3 Å². The van der Waals surface area contributed by atoms with E-state index < -0.39 is 0 Å². The Balaban J connectivity index is 2.20. The van der Waals surface area contributed by atoms with Crippen LogP contribution in [0.4, 0.5) is 17.2 Å². The zero-order valence-electron chi connectivity index (χ0n) is 9.98. The molecule has 0 aliphatic carbocycles. The number of anilines is 3. The topological polar surface area (TPSA) is 60.2 Å². The summed E-state index contributed by atoms with van der Waals surface area (Å²) in [4.78, 5) is 4.23. The van der Waals surface area contributed by atoms with Crippen molar-refractivity contribution < 1.29 is 4.74 Å². The lowest BCUT2D eigenvalue weighted by Crippen LogP contribution is -1.97. The molecule has 0 unspecified atom stereocenters. The number of nitrogens with zero attached hydrogens (tertiary/aromatic N) is 1. The van der Waals surface area contributed by atoms with Crippen LogP contribution < -0.4 is 11.1 Å². The highest BCUT2D eigenvalue weighted by molar-refractivity contribution is 9.10. The summed E-state index contributed by atoms with van der Waals surface area (Å²) in [5, 5.41) is 3.23. The van der Waals surface area contributed by atoms with Crippen molar-refractivity contribution in [2.24, 2.45) is 0 Å². The van der Waals surface area contributed by atoms with Crippen molar-refractivity contribution in [3.8, 4) is 0 Å². The smallest absolute Gasteiger partial charge is 0.144 e. The van der Waals surface area contributed by atoms with Gasteiger partial charge in [-0.2, -0.15) is 0 Å². The molecule has 3 N–H and O–H groups in total. The molecule has 5 heteroatoms. The van der Waals surface area contributed by atoms with Gasteiger partial charge in [0.05, 0.1) is 23.0 Å². The normalized spacial score (nSPS) is 10.3. The number of methoxy groups -OCH3 is 1. The minimum atomic E-state index is 0.589. The molecule has 1 aromatic carbocycles. The van der Waals surface area contributed by atoms with Crippen molar-refractivity contribution in [2.45, 2.75) is 6.61 Å². The summed E-state index contributed by atoms with van der Waals surface area (Å²) in [5.41, 5.74) is 8.34. The number of rotatable bonds is 4. The first-order valence-electron chi connectivity index (χ1n) is 5.45. The third kappa shape index (κ3) is 3.21. The van der Waals surface area contributed by atoms with E-state index in [-0.39, 0.29) is 0 Å². The standard InChI is InChI=1S/C13H14BrN3O/c1-18-8-9-3-2-4-11(5-9)17-13-12(14)6-10(15)7-16-13/h2-7H,8,15H2,1H3,(H,16,17). The second kappa shape index (κ2) is 5.84. The lowest BCUT2D eigenvalue weighted by Gasteiger charge is -2.09. The molecule has 0 fully saturated rings. The van der Waals surface area contributed by atoms with Gasteiger partial charge in [0.2, 0.25) is 0 Å². The molecule has 0 aliphatic heterocycles. The van der Waals surface area contributed by atoms with Crippen molar-refractivity contribution in [2.75, 3.05) is 18.2 Å². The first-order valence-corrected chi connectivity index (χ1v) is 6.24. The average molecular weight is 308 g/mol.